The van der Waals surface area contributed by atoms with Gasteiger partial charge in [-0.3, -0.25) is 4.79 Å². The minimum atomic E-state index is 0.0615. The topological polar surface area (TPSA) is 70.7 Å². The molecule has 0 aliphatic heterocycles. The number of nitrogens with zero attached hydrogens (tertiary/aromatic N) is 2. The van der Waals surface area contributed by atoms with Crippen molar-refractivity contribution < 1.29 is 4.79 Å². The van der Waals surface area contributed by atoms with Gasteiger partial charge in [0.25, 0.3) is 0 Å². The van der Waals surface area contributed by atoms with Crippen LogP contribution in [0.1, 0.15) is 24.1 Å². The summed E-state index contributed by atoms with van der Waals surface area (Å²) in [5, 5.41) is 13.1. The Hall–Kier alpha value is -1.69. The highest BCUT2D eigenvalue weighted by atomic mass is 79.9. The molecule has 0 atom stereocenters. The number of aromatic amines is 1. The summed E-state index contributed by atoms with van der Waals surface area (Å²) in [7, 11) is 0. The molecule has 100 valence electrons. The van der Waals surface area contributed by atoms with Crippen molar-refractivity contribution in [2.24, 2.45) is 0 Å². The van der Waals surface area contributed by atoms with E-state index in [-0.39, 0.29) is 5.91 Å². The number of H-pyrrole nitrogens is 1. The van der Waals surface area contributed by atoms with Crippen LogP contribution in [-0.4, -0.2) is 21.3 Å². The molecular formula is C13H15BrN4O. The second-order valence-electron chi connectivity index (χ2n) is 4.22. The Morgan fingerprint density at radius 3 is 2.79 bits per heavy atom. The fraction of sp³-hybridized carbons (Fsp3) is 0.308. The van der Waals surface area contributed by atoms with Gasteiger partial charge in [-0.2, -0.15) is 15.4 Å². The van der Waals surface area contributed by atoms with Gasteiger partial charge in [-0.05, 0) is 30.5 Å². The summed E-state index contributed by atoms with van der Waals surface area (Å²) in [5.74, 6) is 0.0615. The smallest absolute Gasteiger partial charge is 0.220 e. The SMILES string of the molecule is O=C(CCCc1cn[nH]n1)NCc1ccc(Br)cc1. The number of hydrogen-bond acceptors (Lipinski definition) is 3. The third-order valence-corrected chi connectivity index (χ3v) is 3.23. The lowest BCUT2D eigenvalue weighted by Gasteiger charge is -2.05. The van der Waals surface area contributed by atoms with Crippen LogP contribution in [0.15, 0.2) is 34.9 Å². The quantitative estimate of drug-likeness (QED) is 0.856. The highest BCUT2D eigenvalue weighted by Crippen LogP contribution is 2.10. The van der Waals surface area contributed by atoms with Crippen LogP contribution >= 0.6 is 15.9 Å². The predicted molar refractivity (Wildman–Crippen MR) is 75.3 cm³/mol. The number of aryl methyl sites for hydroxylation is 1. The summed E-state index contributed by atoms with van der Waals surface area (Å²) in [6.45, 7) is 0.566. The van der Waals surface area contributed by atoms with E-state index in [4.69, 9.17) is 0 Å². The molecule has 19 heavy (non-hydrogen) atoms. The molecule has 2 rings (SSSR count). The van der Waals surface area contributed by atoms with Crippen molar-refractivity contribution in [2.75, 3.05) is 0 Å². The van der Waals surface area contributed by atoms with E-state index in [1.807, 2.05) is 24.3 Å². The Bertz CT molecular complexity index is 510. The molecule has 1 aromatic heterocycles. The zero-order valence-corrected chi connectivity index (χ0v) is 12.0. The number of nitrogens with one attached hydrogen (secondary N) is 2. The van der Waals surface area contributed by atoms with Crippen molar-refractivity contribution in [3.63, 3.8) is 0 Å². The summed E-state index contributed by atoms with van der Waals surface area (Å²) in [6.07, 6.45) is 3.73. The Balaban J connectivity index is 1.65. The van der Waals surface area contributed by atoms with Crippen molar-refractivity contribution in [1.29, 1.82) is 0 Å². The predicted octanol–water partition coefficient (Wildman–Crippen LogP) is 2.21. The molecule has 0 spiro atoms. The Morgan fingerprint density at radius 2 is 2.11 bits per heavy atom. The summed E-state index contributed by atoms with van der Waals surface area (Å²) in [5.41, 5.74) is 1.98. The van der Waals surface area contributed by atoms with Crippen LogP contribution in [0.2, 0.25) is 0 Å². The largest absolute Gasteiger partial charge is 0.352 e. The molecule has 2 aromatic rings. The Labute approximate surface area is 119 Å². The normalized spacial score (nSPS) is 10.4. The Morgan fingerprint density at radius 1 is 1.32 bits per heavy atom. The standard InChI is InChI=1S/C13H15BrN4O/c14-11-6-4-10(5-7-11)8-15-13(19)3-1-2-12-9-16-18-17-12/h4-7,9H,1-3,8H2,(H,15,19)(H,16,17,18). The lowest BCUT2D eigenvalue weighted by Crippen LogP contribution is -2.22. The minimum absolute atomic E-state index is 0.0615. The molecule has 0 saturated carbocycles. The second kappa shape index (κ2) is 7.04. The fourth-order valence-corrected chi connectivity index (χ4v) is 1.93. The van der Waals surface area contributed by atoms with E-state index < -0.39 is 0 Å². The zero-order valence-electron chi connectivity index (χ0n) is 10.4. The third-order valence-electron chi connectivity index (χ3n) is 2.70. The van der Waals surface area contributed by atoms with Crippen molar-refractivity contribution in [1.82, 2.24) is 20.7 Å². The van der Waals surface area contributed by atoms with E-state index in [0.717, 1.165) is 28.6 Å². The molecule has 0 radical (unpaired) electrons. The van der Waals surface area contributed by atoms with Gasteiger partial charge in [-0.1, -0.05) is 28.1 Å². The lowest BCUT2D eigenvalue weighted by molar-refractivity contribution is -0.121. The van der Waals surface area contributed by atoms with Crippen LogP contribution in [0, 0.1) is 0 Å². The summed E-state index contributed by atoms with van der Waals surface area (Å²) in [6, 6.07) is 7.90. The van der Waals surface area contributed by atoms with Crippen molar-refractivity contribution in [2.45, 2.75) is 25.8 Å². The van der Waals surface area contributed by atoms with Gasteiger partial charge >= 0.3 is 0 Å². The average molecular weight is 323 g/mol. The minimum Gasteiger partial charge on any atom is -0.352 e. The number of carbonyl (C=O) groups is 1. The maximum absolute atomic E-state index is 11.6. The van der Waals surface area contributed by atoms with Crippen molar-refractivity contribution in [3.05, 3.63) is 46.2 Å². The monoisotopic (exact) mass is 322 g/mol. The van der Waals surface area contributed by atoms with E-state index in [9.17, 15) is 4.79 Å². The summed E-state index contributed by atoms with van der Waals surface area (Å²) in [4.78, 5) is 11.6. The molecule has 0 unspecified atom stereocenters. The van der Waals surface area contributed by atoms with Crippen molar-refractivity contribution >= 4 is 21.8 Å². The van der Waals surface area contributed by atoms with E-state index >= 15 is 0 Å². The van der Waals surface area contributed by atoms with E-state index in [2.05, 4.69) is 36.7 Å². The Kier molecular flexibility index (Phi) is 5.09. The third kappa shape index (κ3) is 4.82. The molecule has 1 amide bonds. The van der Waals surface area contributed by atoms with Crippen LogP contribution < -0.4 is 5.32 Å². The fourth-order valence-electron chi connectivity index (χ4n) is 1.67. The number of benzene rings is 1. The molecule has 0 saturated heterocycles. The first-order chi connectivity index (χ1) is 9.24. The van der Waals surface area contributed by atoms with Gasteiger partial charge in [-0.25, -0.2) is 0 Å². The first-order valence-corrected chi connectivity index (χ1v) is 6.89. The van der Waals surface area contributed by atoms with Gasteiger partial charge in [0.15, 0.2) is 0 Å². The molecule has 2 N–H and O–H groups in total. The van der Waals surface area contributed by atoms with Gasteiger partial charge in [-0.15, -0.1) is 0 Å². The van der Waals surface area contributed by atoms with Gasteiger partial charge in [0.1, 0.15) is 0 Å². The lowest BCUT2D eigenvalue weighted by atomic mass is 10.2. The number of carbonyl (C=O) groups excluding carboxylic acids is 1. The first kappa shape index (κ1) is 13.7. The zero-order chi connectivity index (χ0) is 13.5. The molecule has 0 bridgehead atoms. The second-order valence-corrected chi connectivity index (χ2v) is 5.13. The maximum atomic E-state index is 11.6. The van der Waals surface area contributed by atoms with Crippen LogP contribution in [0.4, 0.5) is 0 Å². The van der Waals surface area contributed by atoms with Gasteiger partial charge in [0.2, 0.25) is 5.91 Å². The number of halogens is 1. The van der Waals surface area contributed by atoms with Crippen LogP contribution in [0.3, 0.4) is 0 Å². The van der Waals surface area contributed by atoms with E-state index in [1.165, 1.54) is 0 Å². The molecule has 0 aliphatic rings. The van der Waals surface area contributed by atoms with Crippen LogP contribution in [-0.2, 0) is 17.8 Å². The summed E-state index contributed by atoms with van der Waals surface area (Å²) >= 11 is 3.38. The molecular weight excluding hydrogens is 308 g/mol. The molecule has 5 nitrogen and oxygen atoms in total. The van der Waals surface area contributed by atoms with Crippen LogP contribution in [0.5, 0.6) is 0 Å². The molecule has 0 aliphatic carbocycles. The van der Waals surface area contributed by atoms with Gasteiger partial charge in [0.05, 0.1) is 11.9 Å². The summed E-state index contributed by atoms with van der Waals surface area (Å²) < 4.78 is 1.04. The first-order valence-electron chi connectivity index (χ1n) is 6.10. The molecule has 1 aromatic carbocycles. The highest BCUT2D eigenvalue weighted by molar-refractivity contribution is 9.10. The van der Waals surface area contributed by atoms with Gasteiger partial charge < -0.3 is 5.32 Å². The number of amides is 1. The molecule has 6 heteroatoms. The van der Waals surface area contributed by atoms with Crippen molar-refractivity contribution in [3.8, 4) is 0 Å². The number of hydrogen-bond donors (Lipinski definition) is 2. The average Bonchev–Trinajstić information content (AvgIpc) is 2.91. The van der Waals surface area contributed by atoms with Crippen LogP contribution in [0.25, 0.3) is 0 Å². The number of aromatic nitrogens is 3. The van der Waals surface area contributed by atoms with E-state index in [1.54, 1.807) is 6.20 Å². The molecule has 0 fully saturated rings. The highest BCUT2D eigenvalue weighted by Gasteiger charge is 2.03. The number of rotatable bonds is 6. The van der Waals surface area contributed by atoms with Gasteiger partial charge in [0, 0.05) is 17.4 Å². The van der Waals surface area contributed by atoms with E-state index in [0.29, 0.717) is 13.0 Å². The molecule has 1 heterocycles. The maximum Gasteiger partial charge on any atom is 0.220 e.